The van der Waals surface area contributed by atoms with Crippen molar-refractivity contribution in [1.29, 1.82) is 0 Å². The van der Waals surface area contributed by atoms with Gasteiger partial charge >= 0.3 is 12.1 Å². The largest absolute Gasteiger partial charge is 0.449 e. The molecule has 0 atom stereocenters. The number of nitrogens with one attached hydrogen (secondary N) is 1. The first-order valence-electron chi connectivity index (χ1n) is 13.9. The van der Waals surface area contributed by atoms with E-state index in [0.717, 1.165) is 44.5 Å². The zero-order chi connectivity index (χ0) is 26.8. The van der Waals surface area contributed by atoms with Gasteiger partial charge in [-0.25, -0.2) is 9.59 Å². The van der Waals surface area contributed by atoms with Gasteiger partial charge in [0.15, 0.2) is 0 Å². The van der Waals surface area contributed by atoms with Crippen LogP contribution in [0.2, 0.25) is 0 Å². The Hall–Kier alpha value is -3.39. The minimum atomic E-state index is -0.747. The molecule has 8 nitrogen and oxygen atoms in total. The molecule has 4 amide bonds. The van der Waals surface area contributed by atoms with Gasteiger partial charge in [-0.3, -0.25) is 9.69 Å². The van der Waals surface area contributed by atoms with Gasteiger partial charge in [0.2, 0.25) is 0 Å². The SMILES string of the molecule is CCCCN1C(=O)N(CCCOC(=O)NCc2ccccc2)C(=O)C12CCN(CCc1ccccc1)CC2. The van der Waals surface area contributed by atoms with Crippen LogP contribution in [-0.2, 0) is 22.5 Å². The van der Waals surface area contributed by atoms with Crippen LogP contribution in [0.15, 0.2) is 60.7 Å². The van der Waals surface area contributed by atoms with E-state index in [-0.39, 0.29) is 25.1 Å². The van der Waals surface area contributed by atoms with E-state index < -0.39 is 11.6 Å². The van der Waals surface area contributed by atoms with E-state index in [2.05, 4.69) is 41.4 Å². The average Bonchev–Trinajstić information content (AvgIpc) is 3.14. The molecule has 8 heteroatoms. The highest BCUT2D eigenvalue weighted by atomic mass is 16.5. The minimum absolute atomic E-state index is 0.0881. The first-order valence-corrected chi connectivity index (χ1v) is 13.9. The Labute approximate surface area is 225 Å². The summed E-state index contributed by atoms with van der Waals surface area (Å²) >= 11 is 0. The molecule has 2 fully saturated rings. The fourth-order valence-corrected chi connectivity index (χ4v) is 5.38. The number of benzene rings is 2. The number of imide groups is 1. The summed E-state index contributed by atoms with van der Waals surface area (Å²) in [6.45, 7) is 6.03. The lowest BCUT2D eigenvalue weighted by atomic mass is 9.85. The smallest absolute Gasteiger partial charge is 0.407 e. The molecule has 0 aliphatic carbocycles. The fourth-order valence-electron chi connectivity index (χ4n) is 5.38. The molecule has 2 saturated heterocycles. The summed E-state index contributed by atoms with van der Waals surface area (Å²) < 4.78 is 5.28. The third kappa shape index (κ3) is 6.72. The Morgan fingerprint density at radius 3 is 2.21 bits per heavy atom. The van der Waals surface area contributed by atoms with Crippen LogP contribution in [0.4, 0.5) is 9.59 Å². The van der Waals surface area contributed by atoms with Crippen LogP contribution in [0.1, 0.15) is 50.2 Å². The Morgan fingerprint density at radius 2 is 1.55 bits per heavy atom. The van der Waals surface area contributed by atoms with Crippen molar-refractivity contribution < 1.29 is 19.1 Å². The Bertz CT molecular complexity index is 1050. The number of nitrogens with zero attached hydrogens (tertiary/aromatic N) is 3. The number of unbranched alkanes of at least 4 members (excludes halogenated alkanes) is 1. The lowest BCUT2D eigenvalue weighted by Crippen LogP contribution is -2.57. The highest BCUT2D eigenvalue weighted by Gasteiger charge is 2.57. The number of hydrogen-bond acceptors (Lipinski definition) is 5. The molecular weight excluding hydrogens is 480 g/mol. The second-order valence-electron chi connectivity index (χ2n) is 10.2. The summed E-state index contributed by atoms with van der Waals surface area (Å²) in [4.78, 5) is 44.7. The number of hydrogen-bond donors (Lipinski definition) is 1. The molecule has 2 aliphatic heterocycles. The van der Waals surface area contributed by atoms with Crippen molar-refractivity contribution in [3.05, 3.63) is 71.8 Å². The van der Waals surface area contributed by atoms with E-state index >= 15 is 0 Å². The van der Waals surface area contributed by atoms with Gasteiger partial charge in [0, 0.05) is 39.3 Å². The van der Waals surface area contributed by atoms with Gasteiger partial charge in [0.05, 0.1) is 6.61 Å². The van der Waals surface area contributed by atoms with Crippen molar-refractivity contribution in [2.24, 2.45) is 0 Å². The number of rotatable bonds is 12. The van der Waals surface area contributed by atoms with E-state index in [4.69, 9.17) is 4.74 Å². The molecule has 1 N–H and O–H groups in total. The number of carbonyl (C=O) groups is 3. The lowest BCUT2D eigenvalue weighted by molar-refractivity contribution is -0.135. The summed E-state index contributed by atoms with van der Waals surface area (Å²) in [5, 5.41) is 2.73. The second-order valence-corrected chi connectivity index (χ2v) is 10.2. The number of ether oxygens (including phenoxy) is 1. The number of carbonyl (C=O) groups excluding carboxylic acids is 3. The van der Waals surface area contributed by atoms with E-state index in [1.807, 2.05) is 41.3 Å². The maximum absolute atomic E-state index is 13.7. The molecule has 2 aromatic rings. The number of urea groups is 1. The highest BCUT2D eigenvalue weighted by molar-refractivity contribution is 6.07. The molecule has 0 saturated carbocycles. The molecular formula is C30H40N4O4. The van der Waals surface area contributed by atoms with Gasteiger partial charge in [-0.2, -0.15) is 0 Å². The van der Waals surface area contributed by atoms with Crippen LogP contribution >= 0.6 is 0 Å². The molecule has 0 unspecified atom stereocenters. The van der Waals surface area contributed by atoms with Gasteiger partial charge in [-0.15, -0.1) is 0 Å². The predicted octanol–water partition coefficient (Wildman–Crippen LogP) is 4.44. The molecule has 38 heavy (non-hydrogen) atoms. The normalized spacial score (nSPS) is 17.3. The van der Waals surface area contributed by atoms with Gasteiger partial charge in [0.25, 0.3) is 5.91 Å². The molecule has 2 aromatic carbocycles. The van der Waals surface area contributed by atoms with Crippen LogP contribution in [0.25, 0.3) is 0 Å². The fraction of sp³-hybridized carbons (Fsp3) is 0.500. The van der Waals surface area contributed by atoms with Crippen molar-refractivity contribution >= 4 is 18.0 Å². The number of amides is 4. The minimum Gasteiger partial charge on any atom is -0.449 e. The summed E-state index contributed by atoms with van der Waals surface area (Å²) in [5.41, 5.74) is 1.55. The molecule has 0 bridgehead atoms. The van der Waals surface area contributed by atoms with E-state index in [1.54, 1.807) is 0 Å². The molecule has 0 aromatic heterocycles. The van der Waals surface area contributed by atoms with Crippen LogP contribution in [-0.4, -0.2) is 77.6 Å². The van der Waals surface area contributed by atoms with Crippen LogP contribution in [0.5, 0.6) is 0 Å². The summed E-state index contributed by atoms with van der Waals surface area (Å²) in [6, 6.07) is 19.8. The van der Waals surface area contributed by atoms with Gasteiger partial charge in [0.1, 0.15) is 5.54 Å². The van der Waals surface area contributed by atoms with Crippen LogP contribution in [0, 0.1) is 0 Å². The number of likely N-dealkylation sites (tertiary alicyclic amines) is 1. The molecule has 4 rings (SSSR count). The van der Waals surface area contributed by atoms with Gasteiger partial charge < -0.3 is 19.9 Å². The van der Waals surface area contributed by atoms with Crippen molar-refractivity contribution in [1.82, 2.24) is 20.0 Å². The Balaban J connectivity index is 1.27. The van der Waals surface area contributed by atoms with Crippen LogP contribution in [0.3, 0.4) is 0 Å². The molecule has 204 valence electrons. The maximum Gasteiger partial charge on any atom is 0.407 e. The lowest BCUT2D eigenvalue weighted by Gasteiger charge is -2.42. The zero-order valence-corrected chi connectivity index (χ0v) is 22.4. The molecule has 2 aliphatic rings. The third-order valence-corrected chi connectivity index (χ3v) is 7.64. The highest BCUT2D eigenvalue weighted by Crippen LogP contribution is 2.37. The standard InChI is InChI=1S/C30H40N4O4/c1-2-3-19-34-29(37)33(18-10-23-38-28(36)31-24-26-13-8-5-9-14-26)27(35)30(34)16-21-32(22-17-30)20-15-25-11-6-4-7-12-25/h4-9,11-14H,2-3,10,15-24H2,1H3,(H,31,36). The van der Waals surface area contributed by atoms with Gasteiger partial charge in [-0.1, -0.05) is 74.0 Å². The quantitative estimate of drug-likeness (QED) is 0.330. The van der Waals surface area contributed by atoms with E-state index in [1.165, 1.54) is 10.5 Å². The van der Waals surface area contributed by atoms with Crippen molar-refractivity contribution in [2.75, 3.05) is 39.3 Å². The number of alkyl carbamates (subject to hydrolysis) is 1. The Kier molecular flexibility index (Phi) is 9.76. The van der Waals surface area contributed by atoms with Crippen LogP contribution < -0.4 is 5.32 Å². The number of piperidine rings is 1. The van der Waals surface area contributed by atoms with E-state index in [0.29, 0.717) is 32.4 Å². The first-order chi connectivity index (χ1) is 18.5. The predicted molar refractivity (Wildman–Crippen MR) is 147 cm³/mol. The maximum atomic E-state index is 13.7. The Morgan fingerprint density at radius 1 is 0.895 bits per heavy atom. The monoisotopic (exact) mass is 520 g/mol. The summed E-state index contributed by atoms with van der Waals surface area (Å²) in [7, 11) is 0. The molecule has 0 radical (unpaired) electrons. The third-order valence-electron chi connectivity index (χ3n) is 7.64. The molecule has 1 spiro atoms. The zero-order valence-electron chi connectivity index (χ0n) is 22.4. The molecule has 2 heterocycles. The van der Waals surface area contributed by atoms with E-state index in [9.17, 15) is 14.4 Å². The first kappa shape index (κ1) is 27.6. The van der Waals surface area contributed by atoms with Gasteiger partial charge in [-0.05, 0) is 43.2 Å². The van der Waals surface area contributed by atoms with Crippen molar-refractivity contribution in [3.8, 4) is 0 Å². The summed E-state index contributed by atoms with van der Waals surface area (Å²) in [6.07, 6.45) is 4.04. The average molecular weight is 521 g/mol. The summed E-state index contributed by atoms with van der Waals surface area (Å²) in [5.74, 6) is -0.0881. The topological polar surface area (TPSA) is 82.2 Å². The van der Waals surface area contributed by atoms with Crippen molar-refractivity contribution in [3.63, 3.8) is 0 Å². The second kappa shape index (κ2) is 13.4. The van der Waals surface area contributed by atoms with Crippen molar-refractivity contribution in [2.45, 2.75) is 57.5 Å².